The lowest BCUT2D eigenvalue weighted by atomic mass is 10.2. The highest BCUT2D eigenvalue weighted by Crippen LogP contribution is 1.98. The van der Waals surface area contributed by atoms with E-state index < -0.39 is 11.9 Å². The van der Waals surface area contributed by atoms with Gasteiger partial charge in [0.05, 0.1) is 6.54 Å². The minimum atomic E-state index is -0.987. The molecule has 0 unspecified atom stereocenters. The zero-order chi connectivity index (χ0) is 11.8. The summed E-state index contributed by atoms with van der Waals surface area (Å²) in [6.45, 7) is 5.34. The van der Waals surface area contributed by atoms with Crippen molar-refractivity contribution in [3.63, 3.8) is 0 Å². The molecule has 0 rings (SSSR count). The third-order valence-corrected chi connectivity index (χ3v) is 1.63. The lowest BCUT2D eigenvalue weighted by Gasteiger charge is -2.20. The van der Waals surface area contributed by atoms with Crippen LogP contribution in [-0.2, 0) is 9.59 Å². The predicted molar refractivity (Wildman–Crippen MR) is 57.2 cm³/mol. The number of hydrogen-bond donors (Lipinski definition) is 2. The van der Waals surface area contributed by atoms with E-state index in [1.807, 2.05) is 18.7 Å². The smallest absolute Gasteiger partial charge is 0.328 e. The highest BCUT2D eigenvalue weighted by Gasteiger charge is 2.08. The Hall–Kier alpha value is -1.36. The maximum atomic E-state index is 10.7. The first-order valence-corrected chi connectivity index (χ1v) is 4.82. The Morgan fingerprint density at radius 1 is 1.47 bits per heavy atom. The lowest BCUT2D eigenvalue weighted by molar-refractivity contribution is -0.131. The number of rotatable bonds is 7. The Morgan fingerprint density at radius 3 is 2.47 bits per heavy atom. The van der Waals surface area contributed by atoms with Crippen molar-refractivity contribution in [1.82, 2.24) is 4.90 Å². The van der Waals surface area contributed by atoms with Crippen LogP contribution in [0.15, 0.2) is 12.2 Å². The van der Waals surface area contributed by atoms with Crippen molar-refractivity contribution in [2.75, 3.05) is 19.6 Å². The van der Waals surface area contributed by atoms with Crippen LogP contribution in [0.3, 0.4) is 0 Å². The fourth-order valence-electron chi connectivity index (χ4n) is 1.24. The Labute approximate surface area is 89.6 Å². The normalized spacial score (nSPS) is 11.5. The highest BCUT2D eigenvalue weighted by atomic mass is 16.4. The summed E-state index contributed by atoms with van der Waals surface area (Å²) in [7, 11) is 0. The molecule has 3 N–H and O–H groups in total. The van der Waals surface area contributed by atoms with Gasteiger partial charge in [-0.1, -0.05) is 19.9 Å². The number of primary amides is 1. The molecule has 15 heavy (non-hydrogen) atoms. The average molecular weight is 214 g/mol. The first kappa shape index (κ1) is 13.6. The summed E-state index contributed by atoms with van der Waals surface area (Å²) in [5.41, 5.74) is 5.08. The zero-order valence-electron chi connectivity index (χ0n) is 9.14. The Bertz CT molecular complexity index is 249. The van der Waals surface area contributed by atoms with Gasteiger partial charge in [-0.15, -0.1) is 0 Å². The number of carboxylic acids is 1. The molecular weight excluding hydrogens is 196 g/mol. The van der Waals surface area contributed by atoms with Gasteiger partial charge in [0.2, 0.25) is 5.91 Å². The number of amides is 1. The SMILES string of the molecule is CC(C)CN(CC=CC(=O)O)CC(N)=O. The van der Waals surface area contributed by atoms with Gasteiger partial charge in [0.15, 0.2) is 0 Å². The number of aliphatic carboxylic acids is 1. The van der Waals surface area contributed by atoms with Crippen LogP contribution in [0, 0.1) is 5.92 Å². The van der Waals surface area contributed by atoms with Crippen LogP contribution in [0.25, 0.3) is 0 Å². The van der Waals surface area contributed by atoms with Crippen LogP contribution >= 0.6 is 0 Å². The maximum Gasteiger partial charge on any atom is 0.328 e. The molecule has 5 nitrogen and oxygen atoms in total. The van der Waals surface area contributed by atoms with E-state index in [2.05, 4.69) is 0 Å². The fourth-order valence-corrected chi connectivity index (χ4v) is 1.24. The molecular formula is C10H18N2O3. The third-order valence-electron chi connectivity index (χ3n) is 1.63. The van der Waals surface area contributed by atoms with Crippen molar-refractivity contribution in [2.24, 2.45) is 11.7 Å². The Balaban J connectivity index is 4.11. The minimum absolute atomic E-state index is 0.155. The second kappa shape index (κ2) is 7.00. The van der Waals surface area contributed by atoms with Crippen LogP contribution in [0.2, 0.25) is 0 Å². The number of carboxylic acid groups (broad SMARTS) is 1. The van der Waals surface area contributed by atoms with Crippen LogP contribution in [0.1, 0.15) is 13.8 Å². The molecule has 5 heteroatoms. The van der Waals surface area contributed by atoms with E-state index in [1.165, 1.54) is 6.08 Å². The van der Waals surface area contributed by atoms with Crippen LogP contribution in [0.5, 0.6) is 0 Å². The van der Waals surface area contributed by atoms with Gasteiger partial charge >= 0.3 is 5.97 Å². The van der Waals surface area contributed by atoms with Crippen LogP contribution in [0.4, 0.5) is 0 Å². The molecule has 0 aliphatic rings. The monoisotopic (exact) mass is 214 g/mol. The van der Waals surface area contributed by atoms with Crippen molar-refractivity contribution in [2.45, 2.75) is 13.8 Å². The third kappa shape index (κ3) is 8.96. The second-order valence-corrected chi connectivity index (χ2v) is 3.79. The molecule has 0 aromatic heterocycles. The van der Waals surface area contributed by atoms with Crippen molar-refractivity contribution in [3.8, 4) is 0 Å². The van der Waals surface area contributed by atoms with E-state index in [1.54, 1.807) is 0 Å². The quantitative estimate of drug-likeness (QED) is 0.587. The minimum Gasteiger partial charge on any atom is -0.478 e. The summed E-state index contributed by atoms with van der Waals surface area (Å²) in [6, 6.07) is 0. The molecule has 0 saturated carbocycles. The van der Waals surface area contributed by atoms with Crippen molar-refractivity contribution in [3.05, 3.63) is 12.2 Å². The molecule has 0 bridgehead atoms. The summed E-state index contributed by atoms with van der Waals surface area (Å²) >= 11 is 0. The molecule has 86 valence electrons. The van der Waals surface area contributed by atoms with E-state index >= 15 is 0 Å². The molecule has 0 fully saturated rings. The molecule has 0 saturated heterocycles. The maximum absolute atomic E-state index is 10.7. The summed E-state index contributed by atoms with van der Waals surface area (Å²) in [4.78, 5) is 22.8. The summed E-state index contributed by atoms with van der Waals surface area (Å²) < 4.78 is 0. The van der Waals surface area contributed by atoms with Crippen molar-refractivity contribution < 1.29 is 14.7 Å². The summed E-state index contributed by atoms with van der Waals surface area (Å²) in [5.74, 6) is -0.986. The molecule has 0 atom stereocenters. The molecule has 0 heterocycles. The van der Waals surface area contributed by atoms with E-state index in [0.717, 1.165) is 6.08 Å². The van der Waals surface area contributed by atoms with Crippen molar-refractivity contribution >= 4 is 11.9 Å². The first-order valence-electron chi connectivity index (χ1n) is 4.82. The summed E-state index contributed by atoms with van der Waals surface area (Å²) in [5, 5.41) is 8.39. The molecule has 0 aliphatic heterocycles. The van der Waals surface area contributed by atoms with Gasteiger partial charge in [-0.25, -0.2) is 4.79 Å². The highest BCUT2D eigenvalue weighted by molar-refractivity contribution is 5.79. The average Bonchev–Trinajstić information content (AvgIpc) is 2.00. The van der Waals surface area contributed by atoms with Gasteiger partial charge in [-0.05, 0) is 5.92 Å². The largest absolute Gasteiger partial charge is 0.478 e. The van der Waals surface area contributed by atoms with E-state index in [0.29, 0.717) is 19.0 Å². The Morgan fingerprint density at radius 2 is 2.07 bits per heavy atom. The van der Waals surface area contributed by atoms with Crippen LogP contribution < -0.4 is 5.73 Å². The standard InChI is InChI=1S/C10H18N2O3/c1-8(2)6-12(7-9(11)13)5-3-4-10(14)15/h3-4,8H,5-7H2,1-2H3,(H2,11,13)(H,14,15). The number of nitrogens with two attached hydrogens (primary N) is 1. The molecule has 1 amide bonds. The van der Waals surface area contributed by atoms with Gasteiger partial charge < -0.3 is 10.8 Å². The van der Waals surface area contributed by atoms with Gasteiger partial charge in [0, 0.05) is 19.2 Å². The van der Waals surface area contributed by atoms with Gasteiger partial charge in [0.25, 0.3) is 0 Å². The topological polar surface area (TPSA) is 83.6 Å². The van der Waals surface area contributed by atoms with Gasteiger partial charge in [-0.2, -0.15) is 0 Å². The molecule has 0 spiro atoms. The molecule has 0 radical (unpaired) electrons. The van der Waals surface area contributed by atoms with Crippen LogP contribution in [-0.4, -0.2) is 41.5 Å². The van der Waals surface area contributed by atoms with Gasteiger partial charge in [0.1, 0.15) is 0 Å². The number of carbonyl (C=O) groups is 2. The predicted octanol–water partition coefficient (Wildman–Crippen LogP) is 0.0705. The molecule has 0 aromatic carbocycles. The molecule has 0 aromatic rings. The van der Waals surface area contributed by atoms with Gasteiger partial charge in [-0.3, -0.25) is 9.69 Å². The van der Waals surface area contributed by atoms with Crippen molar-refractivity contribution in [1.29, 1.82) is 0 Å². The molecule has 0 aliphatic carbocycles. The number of hydrogen-bond acceptors (Lipinski definition) is 3. The first-order chi connectivity index (χ1) is 6.91. The fraction of sp³-hybridized carbons (Fsp3) is 0.600. The van der Waals surface area contributed by atoms with E-state index in [-0.39, 0.29) is 6.54 Å². The summed E-state index contributed by atoms with van der Waals surface area (Å²) in [6.07, 6.45) is 2.57. The second-order valence-electron chi connectivity index (χ2n) is 3.79. The van der Waals surface area contributed by atoms with E-state index in [9.17, 15) is 9.59 Å². The number of nitrogens with zero attached hydrogens (tertiary/aromatic N) is 1. The lowest BCUT2D eigenvalue weighted by Crippen LogP contribution is -2.36. The number of carbonyl (C=O) groups excluding carboxylic acids is 1. The zero-order valence-corrected chi connectivity index (χ0v) is 9.14. The van der Waals surface area contributed by atoms with E-state index in [4.69, 9.17) is 10.8 Å². The Kier molecular flexibility index (Phi) is 6.37.